The lowest BCUT2D eigenvalue weighted by Gasteiger charge is -2.23. The molecule has 0 saturated carbocycles. The van der Waals surface area contributed by atoms with Gasteiger partial charge in [-0.05, 0) is 23.8 Å². The summed E-state index contributed by atoms with van der Waals surface area (Å²) < 4.78 is 16.7. The standard InChI is InChI=1S/C20H20N2O4/c23-20(21-12-16-13-24-8-9-25-16)15-6-7-17-18(11-15)26-19(22-17)10-14-4-2-1-3-5-14/h1-7,11,16H,8-10,12-13H2,(H,21,23)/t16-/m1/s1. The number of benzene rings is 2. The summed E-state index contributed by atoms with van der Waals surface area (Å²) in [4.78, 5) is 16.9. The van der Waals surface area contributed by atoms with E-state index in [-0.39, 0.29) is 12.0 Å². The normalized spacial score (nSPS) is 17.3. The van der Waals surface area contributed by atoms with Crippen LogP contribution in [0.4, 0.5) is 0 Å². The number of hydrogen-bond acceptors (Lipinski definition) is 5. The van der Waals surface area contributed by atoms with Crippen LogP contribution in [0.15, 0.2) is 52.9 Å². The molecular formula is C20H20N2O4. The van der Waals surface area contributed by atoms with Gasteiger partial charge in [0.2, 0.25) is 0 Å². The Labute approximate surface area is 151 Å². The third-order valence-electron chi connectivity index (χ3n) is 4.27. The maximum Gasteiger partial charge on any atom is 0.251 e. The Morgan fingerprint density at radius 1 is 1.15 bits per heavy atom. The number of carbonyl (C=O) groups is 1. The summed E-state index contributed by atoms with van der Waals surface area (Å²) in [5, 5.41) is 2.87. The van der Waals surface area contributed by atoms with Gasteiger partial charge in [-0.1, -0.05) is 30.3 Å². The zero-order valence-electron chi connectivity index (χ0n) is 14.3. The molecule has 26 heavy (non-hydrogen) atoms. The SMILES string of the molecule is O=C(NC[C@@H]1COCCO1)c1ccc2nc(Cc3ccccc3)oc2c1. The van der Waals surface area contributed by atoms with Crippen LogP contribution < -0.4 is 5.32 Å². The van der Waals surface area contributed by atoms with Gasteiger partial charge in [-0.2, -0.15) is 0 Å². The number of fused-ring (bicyclic) bond motifs is 1. The lowest BCUT2D eigenvalue weighted by molar-refractivity contribution is -0.0855. The van der Waals surface area contributed by atoms with Crippen LogP contribution in [0.5, 0.6) is 0 Å². The van der Waals surface area contributed by atoms with Crippen molar-refractivity contribution in [2.45, 2.75) is 12.5 Å². The molecule has 1 aliphatic heterocycles. The van der Waals surface area contributed by atoms with Gasteiger partial charge in [-0.15, -0.1) is 0 Å². The quantitative estimate of drug-likeness (QED) is 0.764. The van der Waals surface area contributed by atoms with E-state index in [1.165, 1.54) is 0 Å². The minimum atomic E-state index is -0.165. The number of rotatable bonds is 5. The van der Waals surface area contributed by atoms with Gasteiger partial charge in [0.15, 0.2) is 11.5 Å². The molecule has 3 aromatic rings. The van der Waals surface area contributed by atoms with Crippen molar-refractivity contribution in [1.29, 1.82) is 0 Å². The summed E-state index contributed by atoms with van der Waals surface area (Å²) in [6.07, 6.45) is 0.523. The van der Waals surface area contributed by atoms with Crippen LogP contribution in [-0.4, -0.2) is 43.4 Å². The maximum absolute atomic E-state index is 12.4. The van der Waals surface area contributed by atoms with Gasteiger partial charge < -0.3 is 19.2 Å². The summed E-state index contributed by atoms with van der Waals surface area (Å²) >= 11 is 0. The van der Waals surface area contributed by atoms with Crippen LogP contribution in [0.25, 0.3) is 11.1 Å². The Morgan fingerprint density at radius 2 is 2.04 bits per heavy atom. The van der Waals surface area contributed by atoms with Gasteiger partial charge in [-0.25, -0.2) is 4.98 Å². The van der Waals surface area contributed by atoms with E-state index in [2.05, 4.69) is 10.3 Å². The molecular weight excluding hydrogens is 332 g/mol. The highest BCUT2D eigenvalue weighted by molar-refractivity contribution is 5.97. The molecule has 1 fully saturated rings. The van der Waals surface area contributed by atoms with Crippen LogP contribution in [0.1, 0.15) is 21.8 Å². The van der Waals surface area contributed by atoms with Crippen molar-refractivity contribution < 1.29 is 18.7 Å². The van der Waals surface area contributed by atoms with Crippen molar-refractivity contribution in [3.63, 3.8) is 0 Å². The highest BCUT2D eigenvalue weighted by Crippen LogP contribution is 2.19. The third-order valence-corrected chi connectivity index (χ3v) is 4.27. The summed E-state index contributed by atoms with van der Waals surface area (Å²) in [6, 6.07) is 15.3. The van der Waals surface area contributed by atoms with Crippen LogP contribution in [0.2, 0.25) is 0 Å². The van der Waals surface area contributed by atoms with E-state index in [0.717, 1.165) is 11.1 Å². The van der Waals surface area contributed by atoms with Crippen molar-refractivity contribution in [3.05, 3.63) is 65.5 Å². The van der Waals surface area contributed by atoms with Crippen molar-refractivity contribution in [2.24, 2.45) is 0 Å². The van der Waals surface area contributed by atoms with E-state index >= 15 is 0 Å². The molecule has 1 aliphatic rings. The van der Waals surface area contributed by atoms with Crippen molar-refractivity contribution in [3.8, 4) is 0 Å². The number of hydrogen-bond donors (Lipinski definition) is 1. The number of ether oxygens (including phenoxy) is 2. The van der Waals surface area contributed by atoms with Crippen molar-refractivity contribution in [2.75, 3.05) is 26.4 Å². The summed E-state index contributed by atoms with van der Waals surface area (Å²) in [5.41, 5.74) is 3.03. The summed E-state index contributed by atoms with van der Waals surface area (Å²) in [6.45, 7) is 2.10. The molecule has 0 radical (unpaired) electrons. The van der Waals surface area contributed by atoms with E-state index in [9.17, 15) is 4.79 Å². The lowest BCUT2D eigenvalue weighted by Crippen LogP contribution is -2.39. The molecule has 1 aromatic heterocycles. The van der Waals surface area contributed by atoms with Crippen LogP contribution in [0, 0.1) is 0 Å². The Morgan fingerprint density at radius 3 is 2.85 bits per heavy atom. The highest BCUT2D eigenvalue weighted by atomic mass is 16.6. The summed E-state index contributed by atoms with van der Waals surface area (Å²) in [5.74, 6) is 0.471. The molecule has 0 unspecified atom stereocenters. The molecule has 4 rings (SSSR count). The monoisotopic (exact) mass is 352 g/mol. The molecule has 6 nitrogen and oxygen atoms in total. The van der Waals surface area contributed by atoms with Crippen molar-refractivity contribution >= 4 is 17.0 Å². The van der Waals surface area contributed by atoms with E-state index in [0.29, 0.717) is 49.8 Å². The largest absolute Gasteiger partial charge is 0.440 e. The number of aromatic nitrogens is 1. The zero-order chi connectivity index (χ0) is 17.8. The minimum absolute atomic E-state index is 0.0980. The van der Waals surface area contributed by atoms with Gasteiger partial charge in [-0.3, -0.25) is 4.79 Å². The van der Waals surface area contributed by atoms with E-state index in [1.54, 1.807) is 12.1 Å². The molecule has 1 amide bonds. The van der Waals surface area contributed by atoms with Gasteiger partial charge >= 0.3 is 0 Å². The first-order chi connectivity index (χ1) is 12.8. The zero-order valence-corrected chi connectivity index (χ0v) is 14.3. The second-order valence-electron chi connectivity index (χ2n) is 6.23. The predicted molar refractivity (Wildman–Crippen MR) is 96.1 cm³/mol. The predicted octanol–water partition coefficient (Wildman–Crippen LogP) is 2.56. The van der Waals surface area contributed by atoms with Gasteiger partial charge in [0.1, 0.15) is 5.52 Å². The molecule has 1 N–H and O–H groups in total. The first-order valence-corrected chi connectivity index (χ1v) is 8.69. The van der Waals surface area contributed by atoms with E-state index in [1.807, 2.05) is 36.4 Å². The smallest absolute Gasteiger partial charge is 0.251 e. The highest BCUT2D eigenvalue weighted by Gasteiger charge is 2.16. The Kier molecular flexibility index (Phi) is 4.95. The molecule has 2 heterocycles. The fraction of sp³-hybridized carbons (Fsp3) is 0.300. The second kappa shape index (κ2) is 7.68. The topological polar surface area (TPSA) is 73.6 Å². The number of amides is 1. The van der Waals surface area contributed by atoms with Gasteiger partial charge in [0, 0.05) is 18.5 Å². The molecule has 0 bridgehead atoms. The molecule has 6 heteroatoms. The fourth-order valence-electron chi connectivity index (χ4n) is 2.92. The van der Waals surface area contributed by atoms with Gasteiger partial charge in [0.05, 0.1) is 25.9 Å². The molecule has 1 saturated heterocycles. The Balaban J connectivity index is 1.44. The molecule has 0 spiro atoms. The van der Waals surface area contributed by atoms with Gasteiger partial charge in [0.25, 0.3) is 5.91 Å². The molecule has 0 aliphatic carbocycles. The van der Waals surface area contributed by atoms with Crippen molar-refractivity contribution in [1.82, 2.24) is 10.3 Å². The number of carbonyl (C=O) groups excluding carboxylic acids is 1. The number of nitrogens with one attached hydrogen (secondary N) is 1. The average molecular weight is 352 g/mol. The average Bonchev–Trinajstić information content (AvgIpc) is 3.09. The second-order valence-corrected chi connectivity index (χ2v) is 6.23. The number of nitrogens with zero attached hydrogens (tertiary/aromatic N) is 1. The first kappa shape index (κ1) is 16.8. The Hall–Kier alpha value is -2.70. The van der Waals surface area contributed by atoms with Crippen LogP contribution in [-0.2, 0) is 15.9 Å². The van der Waals surface area contributed by atoms with E-state index < -0.39 is 0 Å². The molecule has 1 atom stereocenters. The lowest BCUT2D eigenvalue weighted by atomic mass is 10.1. The van der Waals surface area contributed by atoms with Crippen LogP contribution in [0.3, 0.4) is 0 Å². The third kappa shape index (κ3) is 3.92. The number of oxazole rings is 1. The maximum atomic E-state index is 12.4. The molecule has 2 aromatic carbocycles. The Bertz CT molecular complexity index is 885. The fourth-order valence-corrected chi connectivity index (χ4v) is 2.92. The van der Waals surface area contributed by atoms with E-state index in [4.69, 9.17) is 13.9 Å². The first-order valence-electron chi connectivity index (χ1n) is 8.69. The minimum Gasteiger partial charge on any atom is -0.440 e. The van der Waals surface area contributed by atoms with Crippen LogP contribution >= 0.6 is 0 Å². The molecule has 134 valence electrons. The summed E-state index contributed by atoms with van der Waals surface area (Å²) in [7, 11) is 0.